The Balaban J connectivity index is 4.24. The third kappa shape index (κ3) is 66.3. The predicted octanol–water partition coefficient (Wildman–Crippen LogP) is 20.9. The van der Waals surface area contributed by atoms with E-state index < -0.39 is 24.3 Å². The highest BCUT2D eigenvalue weighted by atomic mass is 16.7. The van der Waals surface area contributed by atoms with Crippen molar-refractivity contribution >= 4 is 17.9 Å². The van der Waals surface area contributed by atoms with Crippen LogP contribution >= 0.6 is 0 Å². The van der Waals surface area contributed by atoms with Crippen molar-refractivity contribution in [2.45, 2.75) is 257 Å². The maximum Gasteiger partial charge on any atom is 0.361 e. The average Bonchev–Trinajstić information content (AvgIpc) is 3.49. The van der Waals surface area contributed by atoms with E-state index in [1.807, 2.05) is 21.1 Å². The number of unbranched alkanes of at least 4 members (excludes halogenated alkanes) is 19. The van der Waals surface area contributed by atoms with Crippen LogP contribution in [0.3, 0.4) is 0 Å². The van der Waals surface area contributed by atoms with Crippen LogP contribution in [0.2, 0.25) is 0 Å². The number of carboxylic acids is 1. The highest BCUT2D eigenvalue weighted by Crippen LogP contribution is 2.16. The van der Waals surface area contributed by atoms with Crippen LogP contribution in [0.1, 0.15) is 245 Å². The number of ether oxygens (including phenoxy) is 4. The summed E-state index contributed by atoms with van der Waals surface area (Å²) < 4.78 is 22.9. The van der Waals surface area contributed by atoms with Gasteiger partial charge in [0.05, 0.1) is 34.4 Å². The van der Waals surface area contributed by atoms with Crippen molar-refractivity contribution < 1.29 is 42.9 Å². The topological polar surface area (TPSA) is 108 Å². The smallest absolute Gasteiger partial charge is 0.361 e. The zero-order valence-corrected chi connectivity index (χ0v) is 54.7. The zero-order valence-electron chi connectivity index (χ0n) is 54.7. The Kier molecular flexibility index (Phi) is 61.0. The summed E-state index contributed by atoms with van der Waals surface area (Å²) in [4.78, 5) is 37.6. The monoisotopic (exact) mass is 1180 g/mol. The van der Waals surface area contributed by atoms with Gasteiger partial charge in [0, 0.05) is 12.8 Å². The van der Waals surface area contributed by atoms with Gasteiger partial charge in [0.15, 0.2) is 6.10 Å². The van der Waals surface area contributed by atoms with Gasteiger partial charge in [-0.05, 0) is 122 Å². The van der Waals surface area contributed by atoms with Crippen molar-refractivity contribution in [2.75, 3.05) is 47.5 Å². The highest BCUT2D eigenvalue weighted by Gasteiger charge is 2.25. The van der Waals surface area contributed by atoms with E-state index in [9.17, 15) is 19.5 Å². The van der Waals surface area contributed by atoms with Crippen LogP contribution in [-0.2, 0) is 33.3 Å². The van der Waals surface area contributed by atoms with E-state index in [4.69, 9.17) is 18.9 Å². The lowest BCUT2D eigenvalue weighted by Crippen LogP contribution is -2.40. The first-order chi connectivity index (χ1) is 41.6. The number of nitrogens with zero attached hydrogens (tertiary/aromatic N) is 1. The second-order valence-corrected chi connectivity index (χ2v) is 23.0. The summed E-state index contributed by atoms with van der Waals surface area (Å²) in [6, 6.07) is 0. The van der Waals surface area contributed by atoms with Crippen LogP contribution in [0, 0.1) is 0 Å². The number of hydrogen-bond donors (Lipinski definition) is 1. The third-order valence-corrected chi connectivity index (χ3v) is 13.8. The lowest BCUT2D eigenvalue weighted by atomic mass is 10.0. The van der Waals surface area contributed by atoms with Crippen LogP contribution in [0.15, 0.2) is 158 Å². The lowest BCUT2D eigenvalue weighted by molar-refractivity contribution is -0.870. The minimum absolute atomic E-state index is 0.176. The number of esters is 2. The molecule has 0 aliphatic heterocycles. The van der Waals surface area contributed by atoms with Gasteiger partial charge in [-0.15, -0.1) is 0 Å². The van der Waals surface area contributed by atoms with Crippen molar-refractivity contribution in [3.05, 3.63) is 158 Å². The van der Waals surface area contributed by atoms with Crippen molar-refractivity contribution in [3.8, 4) is 0 Å². The molecule has 480 valence electrons. The molecule has 0 heterocycles. The number of aliphatic carboxylic acids is 1. The molecule has 0 aromatic rings. The third-order valence-electron chi connectivity index (χ3n) is 13.8. The number of carbonyl (C=O) groups is 3. The summed E-state index contributed by atoms with van der Waals surface area (Å²) >= 11 is 0. The first kappa shape index (κ1) is 79.9. The van der Waals surface area contributed by atoms with Gasteiger partial charge in [-0.25, -0.2) is 4.79 Å². The molecule has 0 radical (unpaired) electrons. The van der Waals surface area contributed by atoms with E-state index in [1.165, 1.54) is 70.6 Å². The number of likely N-dealkylation sites (N-methyl/N-ethyl adjacent to an activating group) is 1. The molecule has 0 aromatic heterocycles. The fourth-order valence-electron chi connectivity index (χ4n) is 8.70. The average molecular weight is 1180 g/mol. The van der Waals surface area contributed by atoms with E-state index in [-0.39, 0.29) is 38.6 Å². The van der Waals surface area contributed by atoms with Gasteiger partial charge in [-0.3, -0.25) is 9.59 Å². The normalized spacial score (nSPS) is 13.8. The summed E-state index contributed by atoms with van der Waals surface area (Å²) in [7, 11) is 5.96. The standard InChI is InChI=1S/C76H123NO8/c1-6-8-10-12-14-16-18-20-22-24-26-28-30-32-34-36-37-39-41-43-45-47-49-51-53-55-57-59-61-63-65-67-74(79)85-72(71-84-76(75(80)81)82-69-68-77(3,4)5)70-83-73(78)66-64-62-60-58-56-54-52-50-48-46-44-42-40-38-35-33-31-29-27-25-23-21-19-17-15-13-11-9-7-2/h8-11,14-17,20-23,26-29,32-35,37,39,43,45,49,51,72,76H,6-7,12-13,18-19,24-25,30-31,36,38,40-42,44,46-48,50,52-71H2,1-5H3/p+1/b10-8-,11-9-,16-14-,17-15-,22-20-,23-21-,28-26-,29-27-,34-32-,35-33-,39-37-,45-43-,51-49-. The maximum absolute atomic E-state index is 12.9. The molecular formula is C76H124NO8+. The van der Waals surface area contributed by atoms with Gasteiger partial charge >= 0.3 is 17.9 Å². The van der Waals surface area contributed by atoms with Crippen LogP contribution in [-0.4, -0.2) is 87.4 Å². The van der Waals surface area contributed by atoms with Gasteiger partial charge in [-0.1, -0.05) is 268 Å². The Morgan fingerprint density at radius 1 is 0.353 bits per heavy atom. The summed E-state index contributed by atoms with van der Waals surface area (Å²) in [5.41, 5.74) is 0. The maximum atomic E-state index is 12.9. The largest absolute Gasteiger partial charge is 0.477 e. The first-order valence-electron chi connectivity index (χ1n) is 33.6. The van der Waals surface area contributed by atoms with E-state index in [0.29, 0.717) is 17.4 Å². The van der Waals surface area contributed by atoms with E-state index in [1.54, 1.807) is 0 Å². The minimum Gasteiger partial charge on any atom is -0.477 e. The molecule has 0 saturated heterocycles. The summed E-state index contributed by atoms with van der Waals surface area (Å²) in [5.74, 6) is -2.04. The predicted molar refractivity (Wildman–Crippen MR) is 363 cm³/mol. The van der Waals surface area contributed by atoms with Gasteiger partial charge < -0.3 is 28.5 Å². The SMILES string of the molecule is CC/C=C\C/C=C\C/C=C\C/C=C\C/C=C\C/C=C\C/C=C\C/C=C\CCCCCCCCC(=O)OC(COC(=O)CCCCCCCCCCCCCCC/C=C\C/C=C\C/C=C\C/C=C\C/C=C\CC)COC(OCC[N+](C)(C)C)C(=O)O. The summed E-state index contributed by atoms with van der Waals surface area (Å²) in [6.45, 7) is 4.62. The number of carbonyl (C=O) groups excluding carboxylic acids is 2. The Bertz CT molecular complexity index is 1950. The van der Waals surface area contributed by atoms with Gasteiger partial charge in [0.2, 0.25) is 0 Å². The van der Waals surface area contributed by atoms with Crippen LogP contribution < -0.4 is 0 Å². The Hall–Kier alpha value is -5.09. The molecule has 0 bridgehead atoms. The lowest BCUT2D eigenvalue weighted by Gasteiger charge is -2.25. The zero-order chi connectivity index (χ0) is 61.9. The summed E-state index contributed by atoms with van der Waals surface area (Å²) in [6.07, 6.45) is 93.3. The second-order valence-electron chi connectivity index (χ2n) is 23.0. The fourth-order valence-corrected chi connectivity index (χ4v) is 8.70. The molecule has 0 rings (SSSR count). The van der Waals surface area contributed by atoms with Crippen LogP contribution in [0.5, 0.6) is 0 Å². The highest BCUT2D eigenvalue weighted by molar-refractivity contribution is 5.71. The van der Waals surface area contributed by atoms with Crippen LogP contribution in [0.4, 0.5) is 0 Å². The molecule has 0 fully saturated rings. The van der Waals surface area contributed by atoms with Gasteiger partial charge in [0.25, 0.3) is 6.29 Å². The quantitative estimate of drug-likeness (QED) is 0.0211. The molecule has 85 heavy (non-hydrogen) atoms. The molecule has 0 aliphatic rings. The van der Waals surface area contributed by atoms with E-state index in [2.05, 4.69) is 172 Å². The van der Waals surface area contributed by atoms with Crippen molar-refractivity contribution in [2.24, 2.45) is 0 Å². The molecule has 0 aliphatic carbocycles. The minimum atomic E-state index is -1.53. The number of rotatable bonds is 60. The molecule has 9 heteroatoms. The fraction of sp³-hybridized carbons (Fsp3) is 0.618. The molecule has 2 unspecified atom stereocenters. The Labute approximate surface area is 521 Å². The molecule has 0 saturated carbocycles. The second kappa shape index (κ2) is 64.9. The number of allylic oxidation sites excluding steroid dienone is 26. The van der Waals surface area contributed by atoms with Crippen molar-refractivity contribution in [3.63, 3.8) is 0 Å². The first-order valence-corrected chi connectivity index (χ1v) is 33.6. The number of quaternary nitrogens is 1. The number of carboxylic acid groups (broad SMARTS) is 1. The molecule has 0 spiro atoms. The van der Waals surface area contributed by atoms with Crippen molar-refractivity contribution in [1.82, 2.24) is 0 Å². The molecular weight excluding hydrogens is 1050 g/mol. The number of hydrogen-bond acceptors (Lipinski definition) is 7. The molecule has 0 aromatic carbocycles. The molecule has 2 atom stereocenters. The molecule has 1 N–H and O–H groups in total. The Morgan fingerprint density at radius 3 is 0.941 bits per heavy atom. The van der Waals surface area contributed by atoms with Gasteiger partial charge in [0.1, 0.15) is 13.2 Å². The summed E-state index contributed by atoms with van der Waals surface area (Å²) in [5, 5.41) is 9.74. The van der Waals surface area contributed by atoms with Crippen LogP contribution in [0.25, 0.3) is 0 Å². The molecule has 9 nitrogen and oxygen atoms in total. The Morgan fingerprint density at radius 2 is 0.635 bits per heavy atom. The van der Waals surface area contributed by atoms with Gasteiger partial charge in [-0.2, -0.15) is 0 Å². The van der Waals surface area contributed by atoms with Crippen molar-refractivity contribution in [1.29, 1.82) is 0 Å². The molecule has 0 amide bonds. The van der Waals surface area contributed by atoms with E-state index in [0.717, 1.165) is 141 Å². The van der Waals surface area contributed by atoms with E-state index >= 15 is 0 Å².